The third-order valence-electron chi connectivity index (χ3n) is 10.2. The average Bonchev–Trinajstić information content (AvgIpc) is 3.14. The first-order valence-corrected chi connectivity index (χ1v) is 23.3. The summed E-state index contributed by atoms with van der Waals surface area (Å²) >= 11 is 0. The van der Waals surface area contributed by atoms with Crippen molar-refractivity contribution in [3.05, 3.63) is 12.3 Å². The van der Waals surface area contributed by atoms with Crippen LogP contribution < -0.4 is 0 Å². The van der Waals surface area contributed by atoms with E-state index in [1.54, 1.807) is 0 Å². The summed E-state index contributed by atoms with van der Waals surface area (Å²) in [6.45, 7) is 19.7. The van der Waals surface area contributed by atoms with E-state index in [9.17, 15) is 9.90 Å². The molecule has 52 heavy (non-hydrogen) atoms. The molecule has 312 valence electrons. The van der Waals surface area contributed by atoms with Crippen LogP contribution >= 0.6 is 0 Å². The standard InChI is InChI=1S/C42H83NO4.C5H12/c1-5-8-11-13-15-23-29-39-46-40(4)31-24-18-16-21-27-35-43(37-30-38-44)36-28-22-17-20-26-34-42(45)47-41(32-10-7-3)33-25-19-14-12-9-6-2;1-3-5-4-2/h41,44H,4-39H2,1-3H3;3-5H2,1-2H3. The topological polar surface area (TPSA) is 59.0 Å². The van der Waals surface area contributed by atoms with Crippen LogP contribution in [0.4, 0.5) is 0 Å². The molecular formula is C47H95NO4. The van der Waals surface area contributed by atoms with Crippen LogP contribution in [0.3, 0.4) is 0 Å². The lowest BCUT2D eigenvalue weighted by Crippen LogP contribution is -2.27. The first-order valence-electron chi connectivity index (χ1n) is 23.3. The third kappa shape index (κ3) is 43.3. The van der Waals surface area contributed by atoms with E-state index in [0.29, 0.717) is 6.42 Å². The molecule has 0 aliphatic heterocycles. The normalized spacial score (nSPS) is 11.8. The van der Waals surface area contributed by atoms with E-state index in [4.69, 9.17) is 9.47 Å². The Kier molecular flexibility index (Phi) is 47.0. The minimum absolute atomic E-state index is 0.0179. The summed E-state index contributed by atoms with van der Waals surface area (Å²) < 4.78 is 11.8. The molecule has 0 amide bonds. The summed E-state index contributed by atoms with van der Waals surface area (Å²) in [5.74, 6) is 0.991. The van der Waals surface area contributed by atoms with Gasteiger partial charge in [0.15, 0.2) is 0 Å². The molecule has 5 heteroatoms. The van der Waals surface area contributed by atoms with Crippen molar-refractivity contribution >= 4 is 5.97 Å². The number of nitrogens with zero attached hydrogens (tertiary/aromatic N) is 1. The highest BCUT2D eigenvalue weighted by molar-refractivity contribution is 5.69. The van der Waals surface area contributed by atoms with Gasteiger partial charge in [-0.25, -0.2) is 0 Å². The van der Waals surface area contributed by atoms with E-state index in [1.807, 2.05) is 0 Å². The molecule has 0 aromatic rings. The lowest BCUT2D eigenvalue weighted by molar-refractivity contribution is -0.150. The molecule has 0 aromatic carbocycles. The second kappa shape index (κ2) is 46.1. The Hall–Kier alpha value is -1.07. The van der Waals surface area contributed by atoms with Crippen LogP contribution in [-0.2, 0) is 14.3 Å². The van der Waals surface area contributed by atoms with Gasteiger partial charge in [-0.3, -0.25) is 4.79 Å². The fraction of sp³-hybridized carbons (Fsp3) is 0.936. The van der Waals surface area contributed by atoms with Crippen LogP contribution in [0, 0.1) is 0 Å². The number of aliphatic hydroxyl groups is 1. The molecule has 0 aliphatic carbocycles. The predicted molar refractivity (Wildman–Crippen MR) is 229 cm³/mol. The summed E-state index contributed by atoms with van der Waals surface area (Å²) in [6, 6.07) is 0. The van der Waals surface area contributed by atoms with Crippen LogP contribution in [0.1, 0.15) is 247 Å². The van der Waals surface area contributed by atoms with Crippen LogP contribution in [0.15, 0.2) is 12.3 Å². The van der Waals surface area contributed by atoms with Gasteiger partial charge in [0.05, 0.1) is 12.4 Å². The smallest absolute Gasteiger partial charge is 0.306 e. The molecule has 1 atom stereocenters. The van der Waals surface area contributed by atoms with Crippen molar-refractivity contribution < 1.29 is 19.4 Å². The first kappa shape index (κ1) is 53.0. The maximum atomic E-state index is 12.5. The van der Waals surface area contributed by atoms with E-state index in [1.165, 1.54) is 148 Å². The molecule has 1 N–H and O–H groups in total. The maximum Gasteiger partial charge on any atom is 0.306 e. The SMILES string of the molecule is C=C(CCCCCCCN(CCCO)CCCCCCCC(=O)OC(CCCC)CCCCCCCC)OCCCCCCCCC.CCCCC. The zero-order chi connectivity index (χ0) is 38.6. The molecule has 0 rings (SSSR count). The van der Waals surface area contributed by atoms with Crippen molar-refractivity contribution in [2.24, 2.45) is 0 Å². The zero-order valence-electron chi connectivity index (χ0n) is 36.3. The van der Waals surface area contributed by atoms with Crippen LogP contribution in [0.5, 0.6) is 0 Å². The zero-order valence-corrected chi connectivity index (χ0v) is 36.3. The molecule has 0 bridgehead atoms. The summed E-state index contributed by atoms with van der Waals surface area (Å²) in [5.41, 5.74) is 0. The van der Waals surface area contributed by atoms with E-state index in [0.717, 1.165) is 89.8 Å². The number of esters is 1. The van der Waals surface area contributed by atoms with Crippen molar-refractivity contribution in [1.29, 1.82) is 0 Å². The predicted octanol–water partition coefficient (Wildman–Crippen LogP) is 14.7. The van der Waals surface area contributed by atoms with Gasteiger partial charge in [-0.1, -0.05) is 182 Å². The van der Waals surface area contributed by atoms with Crippen molar-refractivity contribution in [2.45, 2.75) is 253 Å². The van der Waals surface area contributed by atoms with Crippen LogP contribution in [0.25, 0.3) is 0 Å². The van der Waals surface area contributed by atoms with E-state index >= 15 is 0 Å². The number of carbonyl (C=O) groups excluding carboxylic acids is 1. The van der Waals surface area contributed by atoms with Gasteiger partial charge in [0.25, 0.3) is 0 Å². The van der Waals surface area contributed by atoms with Crippen LogP contribution in [0.2, 0.25) is 0 Å². The minimum atomic E-state index is 0.0179. The number of ether oxygens (including phenoxy) is 2. The number of unbranched alkanes of at least 4 members (excludes halogenated alkanes) is 22. The van der Waals surface area contributed by atoms with Gasteiger partial charge >= 0.3 is 5.97 Å². The Morgan fingerprint density at radius 1 is 0.500 bits per heavy atom. The lowest BCUT2D eigenvalue weighted by Gasteiger charge is -2.22. The molecular weight excluding hydrogens is 643 g/mol. The van der Waals surface area contributed by atoms with Gasteiger partial charge in [-0.2, -0.15) is 0 Å². The molecule has 0 fully saturated rings. The van der Waals surface area contributed by atoms with Crippen molar-refractivity contribution in [3.63, 3.8) is 0 Å². The second-order valence-electron chi connectivity index (χ2n) is 15.6. The highest BCUT2D eigenvalue weighted by Gasteiger charge is 2.14. The van der Waals surface area contributed by atoms with Crippen molar-refractivity contribution in [3.8, 4) is 0 Å². The number of aliphatic hydroxyl groups excluding tert-OH is 1. The van der Waals surface area contributed by atoms with Gasteiger partial charge < -0.3 is 19.5 Å². The Morgan fingerprint density at radius 2 is 0.923 bits per heavy atom. The number of carbonyl (C=O) groups is 1. The molecule has 0 aliphatic rings. The monoisotopic (exact) mass is 738 g/mol. The number of hydrogen-bond acceptors (Lipinski definition) is 5. The highest BCUT2D eigenvalue weighted by atomic mass is 16.5. The van der Waals surface area contributed by atoms with Gasteiger partial charge in [0, 0.05) is 26.0 Å². The fourth-order valence-corrected chi connectivity index (χ4v) is 6.75. The Labute approximate surface area is 327 Å². The fourth-order valence-electron chi connectivity index (χ4n) is 6.75. The molecule has 0 saturated carbocycles. The quantitative estimate of drug-likeness (QED) is 0.0385. The van der Waals surface area contributed by atoms with E-state index in [-0.39, 0.29) is 18.7 Å². The third-order valence-corrected chi connectivity index (χ3v) is 10.2. The number of hydrogen-bond donors (Lipinski definition) is 1. The molecule has 0 heterocycles. The maximum absolute atomic E-state index is 12.5. The summed E-state index contributed by atoms with van der Waals surface area (Å²) in [6.07, 6.45) is 39.8. The first-order chi connectivity index (χ1) is 25.5. The summed E-state index contributed by atoms with van der Waals surface area (Å²) in [7, 11) is 0. The van der Waals surface area contributed by atoms with E-state index < -0.39 is 0 Å². The Morgan fingerprint density at radius 3 is 1.44 bits per heavy atom. The Bertz CT molecular complexity index is 697. The highest BCUT2D eigenvalue weighted by Crippen LogP contribution is 2.17. The average molecular weight is 738 g/mol. The molecule has 0 saturated heterocycles. The summed E-state index contributed by atoms with van der Waals surface area (Å²) in [5, 5.41) is 9.36. The minimum Gasteiger partial charge on any atom is -0.499 e. The van der Waals surface area contributed by atoms with Gasteiger partial charge in [0.1, 0.15) is 6.10 Å². The van der Waals surface area contributed by atoms with Gasteiger partial charge in [-0.05, 0) is 70.9 Å². The van der Waals surface area contributed by atoms with Gasteiger partial charge in [0.2, 0.25) is 0 Å². The molecule has 0 radical (unpaired) electrons. The largest absolute Gasteiger partial charge is 0.499 e. The molecule has 1 unspecified atom stereocenters. The Balaban J connectivity index is 0. The molecule has 0 spiro atoms. The van der Waals surface area contributed by atoms with Crippen LogP contribution in [-0.4, -0.2) is 54.9 Å². The number of rotatable bonds is 41. The lowest BCUT2D eigenvalue weighted by atomic mass is 10.0. The van der Waals surface area contributed by atoms with E-state index in [2.05, 4.69) is 46.1 Å². The van der Waals surface area contributed by atoms with Gasteiger partial charge in [-0.15, -0.1) is 0 Å². The van der Waals surface area contributed by atoms with Crippen molar-refractivity contribution in [1.82, 2.24) is 4.90 Å². The summed E-state index contributed by atoms with van der Waals surface area (Å²) in [4.78, 5) is 15.1. The second-order valence-corrected chi connectivity index (χ2v) is 15.6. The van der Waals surface area contributed by atoms with Crippen molar-refractivity contribution in [2.75, 3.05) is 32.8 Å². The number of allylic oxidation sites excluding steroid dienone is 1. The molecule has 0 aromatic heterocycles. The molecule has 5 nitrogen and oxygen atoms in total.